The van der Waals surface area contributed by atoms with Crippen LogP contribution in [0.3, 0.4) is 0 Å². The van der Waals surface area contributed by atoms with Gasteiger partial charge in [-0.3, -0.25) is 4.79 Å². The molecule has 4 fully saturated rings. The molecule has 0 aromatic heterocycles. The number of carbonyl (C=O) groups excluding carboxylic acids is 1. The fraction of sp³-hybridized carbons (Fsp3) is 0.571. The Labute approximate surface area is 144 Å². The second-order valence-electron chi connectivity index (χ2n) is 8.00. The van der Waals surface area contributed by atoms with Crippen LogP contribution in [0.4, 0.5) is 0 Å². The molecule has 0 saturated heterocycles. The molecule has 0 spiro atoms. The van der Waals surface area contributed by atoms with Gasteiger partial charge in [-0.25, -0.2) is 0 Å². The second kappa shape index (κ2) is 5.94. The van der Waals surface area contributed by atoms with Crippen LogP contribution in [0.2, 0.25) is 0 Å². The van der Waals surface area contributed by atoms with Crippen LogP contribution in [-0.2, 0) is 4.79 Å². The van der Waals surface area contributed by atoms with Gasteiger partial charge in [0.15, 0.2) is 5.78 Å². The second-order valence-corrected chi connectivity index (χ2v) is 8.00. The third-order valence-corrected chi connectivity index (χ3v) is 6.41. The van der Waals surface area contributed by atoms with Crippen molar-refractivity contribution in [1.82, 2.24) is 0 Å². The minimum atomic E-state index is -0.0721. The van der Waals surface area contributed by atoms with Gasteiger partial charge in [0.25, 0.3) is 0 Å². The molecule has 5 rings (SSSR count). The predicted molar refractivity (Wildman–Crippen MR) is 94.2 cm³/mol. The number of allylic oxidation sites excluding steroid dienone is 1. The first-order valence-electron chi connectivity index (χ1n) is 9.06. The van der Waals surface area contributed by atoms with E-state index in [-0.39, 0.29) is 5.41 Å². The summed E-state index contributed by atoms with van der Waals surface area (Å²) in [5, 5.41) is 0. The molecule has 0 amide bonds. The largest absolute Gasteiger partial charge is 0.497 e. The van der Waals surface area contributed by atoms with Crippen LogP contribution in [0.25, 0.3) is 6.08 Å². The molecule has 0 unspecified atom stereocenters. The van der Waals surface area contributed by atoms with Crippen LogP contribution >= 0.6 is 0 Å². The van der Waals surface area contributed by atoms with Crippen LogP contribution in [0.1, 0.15) is 44.1 Å². The minimum absolute atomic E-state index is 0.0721. The lowest BCUT2D eigenvalue weighted by atomic mass is 9.48. The van der Waals surface area contributed by atoms with Crippen molar-refractivity contribution in [2.24, 2.45) is 23.2 Å². The van der Waals surface area contributed by atoms with Gasteiger partial charge in [0.1, 0.15) is 11.5 Å². The number of ether oxygens (including phenoxy) is 2. The van der Waals surface area contributed by atoms with E-state index >= 15 is 0 Å². The highest BCUT2D eigenvalue weighted by atomic mass is 16.5. The zero-order chi connectivity index (χ0) is 16.7. The van der Waals surface area contributed by atoms with Gasteiger partial charge in [0, 0.05) is 11.0 Å². The topological polar surface area (TPSA) is 35.5 Å². The Hall–Kier alpha value is -1.77. The summed E-state index contributed by atoms with van der Waals surface area (Å²) in [6, 6.07) is 5.67. The molecule has 24 heavy (non-hydrogen) atoms. The van der Waals surface area contributed by atoms with Crippen molar-refractivity contribution in [2.45, 2.75) is 38.5 Å². The van der Waals surface area contributed by atoms with Gasteiger partial charge in [-0.1, -0.05) is 0 Å². The van der Waals surface area contributed by atoms with E-state index in [0.717, 1.165) is 54.1 Å². The lowest BCUT2D eigenvalue weighted by molar-refractivity contribution is -0.138. The lowest BCUT2D eigenvalue weighted by Gasteiger charge is -2.55. The monoisotopic (exact) mass is 326 g/mol. The number of hydrogen-bond acceptors (Lipinski definition) is 3. The maximum Gasteiger partial charge on any atom is 0.161 e. The standard InChI is InChI=1S/C21H26O3/c1-23-18-4-5-19(24-2)17(10-18)3-6-20(22)21-11-14-7-15(12-21)9-16(8-14)13-21/h3-6,10,14-16H,7-9,11-13H2,1-2H3/b6-3+. The summed E-state index contributed by atoms with van der Waals surface area (Å²) in [5.41, 5.74) is 0.826. The first-order valence-corrected chi connectivity index (χ1v) is 9.06. The molecule has 0 atom stereocenters. The average Bonchev–Trinajstić information content (AvgIpc) is 2.58. The highest BCUT2D eigenvalue weighted by Gasteiger charge is 2.53. The predicted octanol–water partition coefficient (Wildman–Crippen LogP) is 4.50. The molecular weight excluding hydrogens is 300 g/mol. The molecule has 4 saturated carbocycles. The first-order chi connectivity index (χ1) is 11.6. The van der Waals surface area contributed by atoms with E-state index in [1.807, 2.05) is 24.3 Å². The highest BCUT2D eigenvalue weighted by Crippen LogP contribution is 2.60. The summed E-state index contributed by atoms with van der Waals surface area (Å²) in [7, 11) is 3.30. The van der Waals surface area contributed by atoms with Crippen LogP contribution in [-0.4, -0.2) is 20.0 Å². The van der Waals surface area contributed by atoms with E-state index in [9.17, 15) is 4.79 Å². The number of ketones is 1. The van der Waals surface area contributed by atoms with Crippen LogP contribution in [0.15, 0.2) is 24.3 Å². The van der Waals surface area contributed by atoms with Gasteiger partial charge >= 0.3 is 0 Å². The van der Waals surface area contributed by atoms with Crippen molar-refractivity contribution in [1.29, 1.82) is 0 Å². The molecule has 4 aliphatic carbocycles. The molecule has 3 heteroatoms. The molecule has 1 aromatic rings. The lowest BCUT2D eigenvalue weighted by Crippen LogP contribution is -2.49. The van der Waals surface area contributed by atoms with E-state index in [0.29, 0.717) is 5.78 Å². The Morgan fingerprint density at radius 3 is 2.21 bits per heavy atom. The Balaban J connectivity index is 1.57. The van der Waals surface area contributed by atoms with Crippen LogP contribution in [0.5, 0.6) is 11.5 Å². The van der Waals surface area contributed by atoms with Crippen molar-refractivity contribution in [3.8, 4) is 11.5 Å². The fourth-order valence-electron chi connectivity index (χ4n) is 5.72. The van der Waals surface area contributed by atoms with E-state index < -0.39 is 0 Å². The van der Waals surface area contributed by atoms with Crippen molar-refractivity contribution in [2.75, 3.05) is 14.2 Å². The van der Waals surface area contributed by atoms with Crippen molar-refractivity contribution in [3.63, 3.8) is 0 Å². The zero-order valence-corrected chi connectivity index (χ0v) is 14.6. The molecule has 0 aliphatic heterocycles. The Bertz CT molecular complexity index is 638. The number of methoxy groups -OCH3 is 2. The van der Waals surface area contributed by atoms with Crippen molar-refractivity contribution < 1.29 is 14.3 Å². The molecular formula is C21H26O3. The first kappa shape index (κ1) is 15.7. The molecule has 0 radical (unpaired) electrons. The third kappa shape index (κ3) is 2.64. The normalized spacial score (nSPS) is 33.8. The van der Waals surface area contributed by atoms with E-state index in [1.165, 1.54) is 19.3 Å². The maximum atomic E-state index is 13.1. The number of rotatable bonds is 5. The molecule has 128 valence electrons. The van der Waals surface area contributed by atoms with Crippen molar-refractivity contribution in [3.05, 3.63) is 29.8 Å². The third-order valence-electron chi connectivity index (χ3n) is 6.41. The van der Waals surface area contributed by atoms with E-state index in [2.05, 4.69) is 0 Å². The Morgan fingerprint density at radius 2 is 1.67 bits per heavy atom. The molecule has 0 heterocycles. The molecule has 1 aromatic carbocycles. The van der Waals surface area contributed by atoms with Crippen molar-refractivity contribution >= 4 is 11.9 Å². The Morgan fingerprint density at radius 1 is 1.04 bits per heavy atom. The highest BCUT2D eigenvalue weighted by molar-refractivity contribution is 5.98. The summed E-state index contributed by atoms with van der Waals surface area (Å²) >= 11 is 0. The summed E-state index contributed by atoms with van der Waals surface area (Å²) < 4.78 is 10.7. The van der Waals surface area contributed by atoms with Gasteiger partial charge in [0.05, 0.1) is 14.2 Å². The summed E-state index contributed by atoms with van der Waals surface area (Å²) in [6.45, 7) is 0. The van der Waals surface area contributed by atoms with Crippen LogP contribution < -0.4 is 9.47 Å². The Kier molecular flexibility index (Phi) is 3.90. The maximum absolute atomic E-state index is 13.1. The number of hydrogen-bond donors (Lipinski definition) is 0. The minimum Gasteiger partial charge on any atom is -0.497 e. The van der Waals surface area contributed by atoms with E-state index in [4.69, 9.17) is 9.47 Å². The quantitative estimate of drug-likeness (QED) is 0.747. The molecule has 0 N–H and O–H groups in total. The molecule has 4 aliphatic rings. The van der Waals surface area contributed by atoms with Gasteiger partial charge in [0.2, 0.25) is 0 Å². The summed E-state index contributed by atoms with van der Waals surface area (Å²) in [5.74, 6) is 4.24. The van der Waals surface area contributed by atoms with Gasteiger partial charge in [-0.2, -0.15) is 0 Å². The number of benzene rings is 1. The van der Waals surface area contributed by atoms with Gasteiger partial charge in [-0.05, 0) is 86.6 Å². The zero-order valence-electron chi connectivity index (χ0n) is 14.6. The molecule has 4 bridgehead atoms. The summed E-state index contributed by atoms with van der Waals surface area (Å²) in [6.07, 6.45) is 11.1. The molecule has 3 nitrogen and oxygen atoms in total. The number of carbonyl (C=O) groups is 1. The van der Waals surface area contributed by atoms with Gasteiger partial charge in [-0.15, -0.1) is 0 Å². The SMILES string of the molecule is COc1ccc(OC)c(/C=C/C(=O)C23CC4CC(CC(C4)C2)C3)c1. The summed E-state index contributed by atoms with van der Waals surface area (Å²) in [4.78, 5) is 13.1. The smallest absolute Gasteiger partial charge is 0.161 e. The van der Waals surface area contributed by atoms with Gasteiger partial charge < -0.3 is 9.47 Å². The van der Waals surface area contributed by atoms with E-state index in [1.54, 1.807) is 20.3 Å². The van der Waals surface area contributed by atoms with Crippen LogP contribution in [0, 0.1) is 23.2 Å². The average molecular weight is 326 g/mol. The fourth-order valence-corrected chi connectivity index (χ4v) is 5.72.